The van der Waals surface area contributed by atoms with Crippen LogP contribution in [0.15, 0.2) is 71.6 Å². The third-order valence-electron chi connectivity index (χ3n) is 4.23. The lowest BCUT2D eigenvalue weighted by molar-refractivity contribution is 0.102. The highest BCUT2D eigenvalue weighted by Gasteiger charge is 2.18. The summed E-state index contributed by atoms with van der Waals surface area (Å²) in [4.78, 5) is 11.8. The Hall–Kier alpha value is -3.79. The van der Waals surface area contributed by atoms with Crippen molar-refractivity contribution in [3.8, 4) is 0 Å². The number of halogens is 2. The van der Waals surface area contributed by atoms with Crippen LogP contribution in [-0.4, -0.2) is 24.5 Å². The second-order valence-electron chi connectivity index (χ2n) is 6.36. The van der Waals surface area contributed by atoms with Gasteiger partial charge in [-0.1, -0.05) is 18.2 Å². The van der Waals surface area contributed by atoms with Crippen molar-refractivity contribution in [1.82, 2.24) is 10.2 Å². The van der Waals surface area contributed by atoms with E-state index in [1.165, 1.54) is 12.1 Å². The van der Waals surface area contributed by atoms with Gasteiger partial charge < -0.3 is 5.32 Å². The fraction of sp³-hybridized carbons (Fsp3) is 0. The molecule has 0 fully saturated rings. The van der Waals surface area contributed by atoms with Gasteiger partial charge in [-0.2, -0.15) is 5.10 Å². The monoisotopic (exact) mass is 428 g/mol. The Morgan fingerprint density at radius 1 is 0.933 bits per heavy atom. The van der Waals surface area contributed by atoms with Gasteiger partial charge in [0.15, 0.2) is 5.82 Å². The molecule has 0 spiro atoms. The normalized spacial score (nSPS) is 11.4. The van der Waals surface area contributed by atoms with E-state index in [1.807, 2.05) is 0 Å². The second kappa shape index (κ2) is 7.56. The average molecular weight is 428 g/mol. The molecule has 0 aliphatic carbocycles. The van der Waals surface area contributed by atoms with Gasteiger partial charge >= 0.3 is 0 Å². The Morgan fingerprint density at radius 3 is 2.33 bits per heavy atom. The summed E-state index contributed by atoms with van der Waals surface area (Å²) in [5.74, 6) is -2.19. The van der Waals surface area contributed by atoms with Crippen LogP contribution in [0.25, 0.3) is 10.9 Å². The number of sulfonamides is 1. The van der Waals surface area contributed by atoms with E-state index in [4.69, 9.17) is 0 Å². The van der Waals surface area contributed by atoms with E-state index in [0.29, 0.717) is 34.7 Å². The summed E-state index contributed by atoms with van der Waals surface area (Å²) >= 11 is 0. The number of anilines is 2. The van der Waals surface area contributed by atoms with Crippen LogP contribution in [0.3, 0.4) is 0 Å². The third kappa shape index (κ3) is 3.98. The largest absolute Gasteiger partial charge is 0.305 e. The van der Waals surface area contributed by atoms with E-state index >= 15 is 0 Å². The number of amides is 1. The number of nitrogens with one attached hydrogen (secondary N) is 3. The molecule has 0 saturated heterocycles. The van der Waals surface area contributed by atoms with Crippen LogP contribution >= 0.6 is 0 Å². The molecule has 152 valence electrons. The fourth-order valence-electron chi connectivity index (χ4n) is 2.84. The number of rotatable bonds is 5. The molecule has 1 aromatic heterocycles. The number of carbonyl (C=O) groups is 1. The Morgan fingerprint density at radius 2 is 1.63 bits per heavy atom. The Kier molecular flexibility index (Phi) is 4.92. The summed E-state index contributed by atoms with van der Waals surface area (Å²) < 4.78 is 54.0. The first kappa shape index (κ1) is 19.5. The lowest BCUT2D eigenvalue weighted by Gasteiger charge is -2.09. The zero-order valence-electron chi connectivity index (χ0n) is 15.2. The molecule has 0 unspecified atom stereocenters. The lowest BCUT2D eigenvalue weighted by atomic mass is 10.2. The minimum atomic E-state index is -4.24. The first-order valence-corrected chi connectivity index (χ1v) is 10.1. The molecule has 0 atom stereocenters. The molecule has 3 N–H and O–H groups in total. The van der Waals surface area contributed by atoms with Gasteiger partial charge in [0.2, 0.25) is 0 Å². The molecule has 0 aliphatic rings. The average Bonchev–Trinajstić information content (AvgIpc) is 3.09. The summed E-state index contributed by atoms with van der Waals surface area (Å²) in [5.41, 5.74) is 1.11. The van der Waals surface area contributed by atoms with Crippen molar-refractivity contribution in [2.75, 3.05) is 10.0 Å². The van der Waals surface area contributed by atoms with E-state index in [1.54, 1.807) is 36.4 Å². The number of hydrogen-bond acceptors (Lipinski definition) is 4. The fourth-order valence-corrected chi connectivity index (χ4v) is 3.93. The molecule has 10 heteroatoms. The highest BCUT2D eigenvalue weighted by molar-refractivity contribution is 7.92. The molecular formula is C20H14F2N4O3S. The molecule has 4 rings (SSSR count). The van der Waals surface area contributed by atoms with Crippen LogP contribution in [0.1, 0.15) is 10.4 Å². The second-order valence-corrected chi connectivity index (χ2v) is 8.05. The van der Waals surface area contributed by atoms with E-state index in [9.17, 15) is 22.0 Å². The zero-order chi connectivity index (χ0) is 21.3. The number of fused-ring (bicyclic) bond motifs is 1. The van der Waals surface area contributed by atoms with Gasteiger partial charge in [-0.3, -0.25) is 14.6 Å². The number of hydrogen-bond donors (Lipinski definition) is 3. The molecule has 1 amide bonds. The highest BCUT2D eigenvalue weighted by atomic mass is 32.2. The molecule has 0 aliphatic heterocycles. The van der Waals surface area contributed by atoms with Crippen molar-refractivity contribution >= 4 is 38.3 Å². The minimum absolute atomic E-state index is 0.128. The van der Waals surface area contributed by atoms with Crippen LogP contribution in [0.2, 0.25) is 0 Å². The van der Waals surface area contributed by atoms with E-state index in [-0.39, 0.29) is 17.4 Å². The molecule has 4 aromatic rings. The van der Waals surface area contributed by atoms with Crippen molar-refractivity contribution in [1.29, 1.82) is 0 Å². The summed E-state index contributed by atoms with van der Waals surface area (Å²) in [6, 6.07) is 15.0. The van der Waals surface area contributed by atoms with E-state index < -0.39 is 26.6 Å². The van der Waals surface area contributed by atoms with Crippen molar-refractivity contribution in [3.63, 3.8) is 0 Å². The number of nitrogens with zero attached hydrogens (tertiary/aromatic N) is 1. The van der Waals surface area contributed by atoms with Crippen molar-refractivity contribution < 1.29 is 22.0 Å². The van der Waals surface area contributed by atoms with Crippen LogP contribution in [0.4, 0.5) is 20.3 Å². The van der Waals surface area contributed by atoms with Gasteiger partial charge in [-0.25, -0.2) is 17.2 Å². The molecule has 0 saturated carbocycles. The first-order chi connectivity index (χ1) is 14.3. The maximum absolute atomic E-state index is 13.4. The molecule has 7 nitrogen and oxygen atoms in total. The highest BCUT2D eigenvalue weighted by Crippen LogP contribution is 2.26. The minimum Gasteiger partial charge on any atom is -0.305 e. The van der Waals surface area contributed by atoms with Crippen molar-refractivity contribution in [3.05, 3.63) is 83.9 Å². The van der Waals surface area contributed by atoms with Crippen LogP contribution in [0, 0.1) is 11.6 Å². The van der Waals surface area contributed by atoms with Gasteiger partial charge in [-0.15, -0.1) is 0 Å². The molecule has 30 heavy (non-hydrogen) atoms. The first-order valence-electron chi connectivity index (χ1n) is 8.65. The summed E-state index contributed by atoms with van der Waals surface area (Å²) in [5, 5.41) is 9.90. The van der Waals surface area contributed by atoms with E-state index in [0.717, 1.165) is 0 Å². The maximum Gasteiger partial charge on any atom is 0.262 e. The predicted molar refractivity (Wildman–Crippen MR) is 108 cm³/mol. The smallest absolute Gasteiger partial charge is 0.262 e. The maximum atomic E-state index is 13.4. The summed E-state index contributed by atoms with van der Waals surface area (Å²) in [7, 11) is -4.24. The van der Waals surface area contributed by atoms with Crippen molar-refractivity contribution in [2.45, 2.75) is 4.90 Å². The SMILES string of the molecule is O=C(Nc1n[nH]c2ccc(NS(=O)(=O)c3cc(F)cc(F)c3)cc12)c1ccccc1. The molecular weight excluding hydrogens is 414 g/mol. The number of carbonyl (C=O) groups excluding carboxylic acids is 1. The Bertz CT molecular complexity index is 1340. The Labute approximate surface area is 169 Å². The number of H-pyrrole nitrogens is 1. The summed E-state index contributed by atoms with van der Waals surface area (Å²) in [6.45, 7) is 0. The topological polar surface area (TPSA) is 104 Å². The molecule has 0 radical (unpaired) electrons. The lowest BCUT2D eigenvalue weighted by Crippen LogP contribution is -2.14. The predicted octanol–water partition coefficient (Wildman–Crippen LogP) is 3.89. The quantitative estimate of drug-likeness (QED) is 0.449. The van der Waals surface area contributed by atoms with Crippen LogP contribution < -0.4 is 10.0 Å². The molecule has 3 aromatic carbocycles. The van der Waals surface area contributed by atoms with Crippen LogP contribution in [0.5, 0.6) is 0 Å². The van der Waals surface area contributed by atoms with Gasteiger partial charge in [0, 0.05) is 22.7 Å². The number of aromatic amines is 1. The standard InChI is InChI=1S/C20H14F2N4O3S/c21-13-8-14(22)10-16(9-13)30(28,29)26-15-6-7-18-17(11-15)19(25-24-18)23-20(27)12-4-2-1-3-5-12/h1-11,26H,(H2,23,24,25,27). The number of aromatic nitrogens is 2. The van der Waals surface area contributed by atoms with E-state index in [2.05, 4.69) is 20.2 Å². The van der Waals surface area contributed by atoms with Gasteiger partial charge in [0.05, 0.1) is 10.4 Å². The van der Waals surface area contributed by atoms with Crippen LogP contribution in [-0.2, 0) is 10.0 Å². The zero-order valence-corrected chi connectivity index (χ0v) is 16.0. The summed E-state index contributed by atoms with van der Waals surface area (Å²) in [6.07, 6.45) is 0. The van der Waals surface area contributed by atoms with Crippen molar-refractivity contribution in [2.24, 2.45) is 0 Å². The van der Waals surface area contributed by atoms with Gasteiger partial charge in [-0.05, 0) is 42.5 Å². The Balaban J connectivity index is 1.63. The molecule has 0 bridgehead atoms. The van der Waals surface area contributed by atoms with Gasteiger partial charge in [0.25, 0.3) is 15.9 Å². The van der Waals surface area contributed by atoms with Gasteiger partial charge in [0.1, 0.15) is 11.6 Å². The molecule has 1 heterocycles. The third-order valence-corrected chi connectivity index (χ3v) is 5.59. The number of benzene rings is 3.